The third kappa shape index (κ3) is 3.51. The summed E-state index contributed by atoms with van der Waals surface area (Å²) in [5.74, 6) is -0.211. The maximum absolute atomic E-state index is 12.7. The van der Waals surface area contributed by atoms with Gasteiger partial charge in [-0.2, -0.15) is 0 Å². The van der Waals surface area contributed by atoms with E-state index in [1.165, 1.54) is 11.6 Å². The topological polar surface area (TPSA) is 118 Å². The molecule has 1 saturated carbocycles. The van der Waals surface area contributed by atoms with E-state index < -0.39 is 5.91 Å². The molecule has 2 aromatic heterocycles. The first-order valence-electron chi connectivity index (χ1n) is 9.48. The molecular weight excluding hydrogens is 372 g/mol. The van der Waals surface area contributed by atoms with Gasteiger partial charge in [-0.05, 0) is 24.5 Å². The highest BCUT2D eigenvalue weighted by molar-refractivity contribution is 6.00. The minimum Gasteiger partial charge on any atom is -0.354 e. The lowest BCUT2D eigenvalue weighted by Gasteiger charge is -2.14. The molecule has 2 aromatic rings. The molecule has 9 nitrogen and oxygen atoms in total. The van der Waals surface area contributed by atoms with Gasteiger partial charge in [0.15, 0.2) is 11.5 Å². The zero-order valence-corrected chi connectivity index (χ0v) is 16.4. The molecule has 1 fully saturated rings. The van der Waals surface area contributed by atoms with Gasteiger partial charge in [0.05, 0.1) is 11.3 Å². The van der Waals surface area contributed by atoms with Crippen molar-refractivity contribution in [3.8, 4) is 0 Å². The van der Waals surface area contributed by atoms with Crippen LogP contribution in [0.4, 0.5) is 11.5 Å². The Balaban J connectivity index is 1.71. The fourth-order valence-electron chi connectivity index (χ4n) is 3.37. The van der Waals surface area contributed by atoms with Gasteiger partial charge in [0.2, 0.25) is 5.91 Å². The number of amides is 2. The summed E-state index contributed by atoms with van der Waals surface area (Å²) >= 11 is 0. The van der Waals surface area contributed by atoms with E-state index >= 15 is 0 Å². The third-order valence-corrected chi connectivity index (χ3v) is 5.18. The maximum atomic E-state index is 12.7. The Morgan fingerprint density at radius 1 is 1.24 bits per heavy atom. The Hall–Kier alpha value is -3.49. The second kappa shape index (κ2) is 7.16. The molecule has 4 rings (SSSR count). The SMILES string of the molecule is CNC(=O)c1nnc(NC(=O)C2CC2)cc1NC1=CC(C)c2ccn(C)c(=O)c21. The highest BCUT2D eigenvalue weighted by Crippen LogP contribution is 2.35. The van der Waals surface area contributed by atoms with E-state index in [0.29, 0.717) is 16.9 Å². The Kier molecular flexibility index (Phi) is 4.65. The zero-order valence-electron chi connectivity index (χ0n) is 16.4. The molecule has 150 valence electrons. The van der Waals surface area contributed by atoms with Gasteiger partial charge < -0.3 is 20.5 Å². The lowest BCUT2D eigenvalue weighted by molar-refractivity contribution is -0.117. The van der Waals surface area contributed by atoms with Crippen molar-refractivity contribution in [1.82, 2.24) is 20.1 Å². The number of hydrogen-bond donors (Lipinski definition) is 3. The summed E-state index contributed by atoms with van der Waals surface area (Å²) in [6.45, 7) is 2.00. The summed E-state index contributed by atoms with van der Waals surface area (Å²) in [4.78, 5) is 37.0. The third-order valence-electron chi connectivity index (χ3n) is 5.18. The predicted octanol–water partition coefficient (Wildman–Crippen LogP) is 1.45. The number of aromatic nitrogens is 3. The van der Waals surface area contributed by atoms with E-state index in [1.54, 1.807) is 19.3 Å². The normalized spacial score (nSPS) is 17.3. The van der Waals surface area contributed by atoms with Gasteiger partial charge in [0, 0.05) is 43.9 Å². The molecule has 2 aliphatic carbocycles. The lowest BCUT2D eigenvalue weighted by atomic mass is 10.0. The summed E-state index contributed by atoms with van der Waals surface area (Å²) in [5, 5.41) is 16.4. The molecule has 29 heavy (non-hydrogen) atoms. The number of allylic oxidation sites excluding steroid dienone is 1. The van der Waals surface area contributed by atoms with E-state index in [9.17, 15) is 14.4 Å². The second-order valence-electron chi connectivity index (χ2n) is 7.39. The van der Waals surface area contributed by atoms with Gasteiger partial charge in [0.1, 0.15) is 0 Å². The van der Waals surface area contributed by atoms with Crippen molar-refractivity contribution in [3.63, 3.8) is 0 Å². The number of anilines is 2. The summed E-state index contributed by atoms with van der Waals surface area (Å²) in [7, 11) is 3.19. The van der Waals surface area contributed by atoms with Crippen LogP contribution in [0.2, 0.25) is 0 Å². The number of rotatable bonds is 5. The van der Waals surface area contributed by atoms with Crippen LogP contribution in [0.5, 0.6) is 0 Å². The smallest absolute Gasteiger partial charge is 0.273 e. The molecule has 2 amide bonds. The zero-order chi connectivity index (χ0) is 20.7. The first-order valence-corrected chi connectivity index (χ1v) is 9.48. The van der Waals surface area contributed by atoms with Crippen LogP contribution >= 0.6 is 0 Å². The molecule has 3 N–H and O–H groups in total. The molecule has 1 unspecified atom stereocenters. The van der Waals surface area contributed by atoms with Gasteiger partial charge in [-0.25, -0.2) is 0 Å². The van der Waals surface area contributed by atoms with Crippen molar-refractivity contribution >= 4 is 29.0 Å². The summed E-state index contributed by atoms with van der Waals surface area (Å²) in [6.07, 6.45) is 5.41. The van der Waals surface area contributed by atoms with Crippen molar-refractivity contribution < 1.29 is 9.59 Å². The average molecular weight is 394 g/mol. The van der Waals surface area contributed by atoms with Crippen LogP contribution in [-0.4, -0.2) is 33.6 Å². The largest absolute Gasteiger partial charge is 0.354 e. The molecule has 2 heterocycles. The van der Waals surface area contributed by atoms with E-state index in [-0.39, 0.29) is 34.8 Å². The summed E-state index contributed by atoms with van der Waals surface area (Å²) < 4.78 is 1.51. The molecule has 0 aliphatic heterocycles. The molecule has 0 saturated heterocycles. The maximum Gasteiger partial charge on any atom is 0.273 e. The molecule has 0 bridgehead atoms. The van der Waals surface area contributed by atoms with E-state index in [2.05, 4.69) is 26.1 Å². The summed E-state index contributed by atoms with van der Waals surface area (Å²) in [5.41, 5.74) is 2.39. The number of pyridine rings is 1. The van der Waals surface area contributed by atoms with Gasteiger partial charge in [-0.1, -0.05) is 13.0 Å². The van der Waals surface area contributed by atoms with Crippen molar-refractivity contribution in [1.29, 1.82) is 0 Å². The van der Waals surface area contributed by atoms with Crippen molar-refractivity contribution in [2.45, 2.75) is 25.7 Å². The van der Waals surface area contributed by atoms with Crippen LogP contribution in [-0.2, 0) is 11.8 Å². The van der Waals surface area contributed by atoms with Gasteiger partial charge >= 0.3 is 0 Å². The molecule has 9 heteroatoms. The standard InChI is InChI=1S/C20H22N6O3/c1-10-8-13(16-12(10)6-7-26(3)20(16)29)22-14-9-15(23-18(27)11-4-5-11)24-25-17(14)19(28)21-2/h6-11H,4-5H2,1-3H3,(H,21,28)(H2,22,23,24,27). The Morgan fingerprint density at radius 3 is 2.69 bits per heavy atom. The molecule has 0 aromatic carbocycles. The van der Waals surface area contributed by atoms with Crippen LogP contribution in [0.3, 0.4) is 0 Å². The Morgan fingerprint density at radius 2 is 2.00 bits per heavy atom. The van der Waals surface area contributed by atoms with Crippen LogP contribution in [0.25, 0.3) is 5.70 Å². The first-order chi connectivity index (χ1) is 13.9. The molecule has 2 aliphatic rings. The van der Waals surface area contributed by atoms with Crippen LogP contribution in [0, 0.1) is 5.92 Å². The quantitative estimate of drug-likeness (QED) is 0.707. The fourth-order valence-corrected chi connectivity index (χ4v) is 3.37. The predicted molar refractivity (Wildman–Crippen MR) is 108 cm³/mol. The number of carbonyl (C=O) groups excluding carboxylic acids is 2. The molecular formula is C20H22N6O3. The number of nitrogens with zero attached hydrogens (tertiary/aromatic N) is 3. The van der Waals surface area contributed by atoms with Gasteiger partial charge in [-0.3, -0.25) is 14.4 Å². The van der Waals surface area contributed by atoms with Crippen molar-refractivity contribution in [3.05, 3.63) is 51.6 Å². The second-order valence-corrected chi connectivity index (χ2v) is 7.39. The fraction of sp³-hybridized carbons (Fsp3) is 0.350. The number of aryl methyl sites for hydroxylation is 1. The molecule has 1 atom stereocenters. The number of fused-ring (bicyclic) bond motifs is 1. The Labute approximate surface area is 167 Å². The number of carbonyl (C=O) groups is 2. The van der Waals surface area contributed by atoms with Gasteiger partial charge in [-0.15, -0.1) is 10.2 Å². The van der Waals surface area contributed by atoms with Crippen LogP contribution in [0.15, 0.2) is 29.2 Å². The Bertz CT molecular complexity index is 1100. The first kappa shape index (κ1) is 18.9. The molecule has 0 spiro atoms. The highest BCUT2D eigenvalue weighted by atomic mass is 16.2. The number of hydrogen-bond acceptors (Lipinski definition) is 6. The van der Waals surface area contributed by atoms with Crippen LogP contribution in [0.1, 0.15) is 47.3 Å². The van der Waals surface area contributed by atoms with E-state index in [4.69, 9.17) is 0 Å². The number of nitrogens with one attached hydrogen (secondary N) is 3. The highest BCUT2D eigenvalue weighted by Gasteiger charge is 2.30. The molecule has 0 radical (unpaired) electrons. The van der Waals surface area contributed by atoms with Crippen LogP contribution < -0.4 is 21.5 Å². The lowest BCUT2D eigenvalue weighted by Crippen LogP contribution is -2.24. The van der Waals surface area contributed by atoms with Crippen molar-refractivity contribution in [2.24, 2.45) is 13.0 Å². The van der Waals surface area contributed by atoms with Crippen molar-refractivity contribution in [2.75, 3.05) is 17.7 Å². The monoisotopic (exact) mass is 394 g/mol. The summed E-state index contributed by atoms with van der Waals surface area (Å²) in [6, 6.07) is 3.48. The van der Waals surface area contributed by atoms with E-state index in [0.717, 1.165) is 18.4 Å². The minimum absolute atomic E-state index is 0.0140. The van der Waals surface area contributed by atoms with Gasteiger partial charge in [0.25, 0.3) is 11.5 Å². The van der Waals surface area contributed by atoms with E-state index in [1.807, 2.05) is 19.1 Å². The minimum atomic E-state index is -0.423. The average Bonchev–Trinajstić information content (AvgIpc) is 3.50.